The molecule has 1 heterocycles. The normalized spacial score (nSPS) is 17.7. The lowest BCUT2D eigenvalue weighted by Crippen LogP contribution is -2.46. The van der Waals surface area contributed by atoms with E-state index in [4.69, 9.17) is 4.74 Å². The molecule has 0 aliphatic carbocycles. The molecule has 0 spiro atoms. The summed E-state index contributed by atoms with van der Waals surface area (Å²) in [5.41, 5.74) is -0.337. The van der Waals surface area contributed by atoms with Gasteiger partial charge in [0.1, 0.15) is 5.75 Å². The number of halogens is 4. The number of benzene rings is 1. The van der Waals surface area contributed by atoms with Gasteiger partial charge in [-0.3, -0.25) is 4.90 Å². The van der Waals surface area contributed by atoms with Gasteiger partial charge in [-0.1, -0.05) is 0 Å². The minimum Gasteiger partial charge on any atom is -0.497 e. The molecule has 0 unspecified atom stereocenters. The summed E-state index contributed by atoms with van der Waals surface area (Å²) < 4.78 is 43.8. The SMILES string of the molecule is COc1cc([C@H](CO)N2CCNCC2)cc(C(F)(F)F)c1.Cl. The minimum absolute atomic E-state index is 0. The molecular formula is C14H20ClF3N2O2. The number of piperazine rings is 1. The number of hydrogen-bond donors (Lipinski definition) is 2. The first-order chi connectivity index (χ1) is 9.95. The molecule has 1 aliphatic rings. The zero-order chi connectivity index (χ0) is 15.5. The maximum absolute atomic E-state index is 13.0. The van der Waals surface area contributed by atoms with E-state index in [-0.39, 0.29) is 24.8 Å². The molecule has 0 bridgehead atoms. The van der Waals surface area contributed by atoms with E-state index in [1.165, 1.54) is 7.11 Å². The molecule has 1 aliphatic heterocycles. The van der Waals surface area contributed by atoms with Gasteiger partial charge >= 0.3 is 6.18 Å². The Hall–Kier alpha value is -1.02. The number of rotatable bonds is 4. The van der Waals surface area contributed by atoms with E-state index in [0.717, 1.165) is 25.2 Å². The molecule has 1 aromatic rings. The lowest BCUT2D eigenvalue weighted by Gasteiger charge is -2.34. The fraction of sp³-hybridized carbons (Fsp3) is 0.571. The van der Waals surface area contributed by atoms with Crippen LogP contribution in [0.15, 0.2) is 18.2 Å². The second kappa shape index (κ2) is 8.01. The summed E-state index contributed by atoms with van der Waals surface area (Å²) >= 11 is 0. The predicted molar refractivity (Wildman–Crippen MR) is 79.5 cm³/mol. The van der Waals surface area contributed by atoms with Crippen LogP contribution in [0.2, 0.25) is 0 Å². The summed E-state index contributed by atoms with van der Waals surface area (Å²) in [6, 6.07) is 3.16. The van der Waals surface area contributed by atoms with Crippen LogP contribution in [0.1, 0.15) is 17.2 Å². The molecule has 1 aromatic carbocycles. The Morgan fingerprint density at radius 3 is 2.41 bits per heavy atom. The van der Waals surface area contributed by atoms with Gasteiger partial charge in [0.15, 0.2) is 0 Å². The van der Waals surface area contributed by atoms with E-state index in [1.54, 1.807) is 6.07 Å². The first kappa shape index (κ1) is 19.0. The van der Waals surface area contributed by atoms with Gasteiger partial charge in [0.25, 0.3) is 0 Å². The van der Waals surface area contributed by atoms with Crippen molar-refractivity contribution in [3.8, 4) is 5.75 Å². The van der Waals surface area contributed by atoms with Gasteiger partial charge in [-0.05, 0) is 23.8 Å². The molecule has 0 aromatic heterocycles. The number of aliphatic hydroxyl groups excluding tert-OH is 1. The summed E-state index contributed by atoms with van der Waals surface area (Å²) in [5.74, 6) is 0.147. The van der Waals surface area contributed by atoms with Gasteiger partial charge in [-0.25, -0.2) is 0 Å². The van der Waals surface area contributed by atoms with Gasteiger partial charge in [0, 0.05) is 26.2 Å². The van der Waals surface area contributed by atoms with E-state index in [0.29, 0.717) is 18.7 Å². The number of ether oxygens (including phenoxy) is 1. The maximum Gasteiger partial charge on any atom is 0.416 e. The Labute approximate surface area is 133 Å². The average molecular weight is 341 g/mol. The largest absolute Gasteiger partial charge is 0.497 e. The van der Waals surface area contributed by atoms with E-state index < -0.39 is 17.8 Å². The van der Waals surface area contributed by atoms with Crippen LogP contribution < -0.4 is 10.1 Å². The van der Waals surface area contributed by atoms with Gasteiger partial charge in [-0.2, -0.15) is 13.2 Å². The third-order valence-corrected chi connectivity index (χ3v) is 3.64. The van der Waals surface area contributed by atoms with Crippen molar-refractivity contribution in [1.82, 2.24) is 10.2 Å². The lowest BCUT2D eigenvalue weighted by molar-refractivity contribution is -0.137. The van der Waals surface area contributed by atoms with Crippen molar-refractivity contribution in [3.63, 3.8) is 0 Å². The highest BCUT2D eigenvalue weighted by Gasteiger charge is 2.33. The highest BCUT2D eigenvalue weighted by Crippen LogP contribution is 2.35. The Morgan fingerprint density at radius 2 is 1.91 bits per heavy atom. The zero-order valence-electron chi connectivity index (χ0n) is 12.2. The van der Waals surface area contributed by atoms with Gasteiger partial charge in [-0.15, -0.1) is 12.4 Å². The van der Waals surface area contributed by atoms with Crippen molar-refractivity contribution >= 4 is 12.4 Å². The second-order valence-corrected chi connectivity index (χ2v) is 4.98. The van der Waals surface area contributed by atoms with E-state index in [2.05, 4.69) is 5.32 Å². The number of nitrogens with one attached hydrogen (secondary N) is 1. The molecule has 8 heteroatoms. The van der Waals surface area contributed by atoms with Gasteiger partial charge in [0.05, 0.1) is 25.3 Å². The third-order valence-electron chi connectivity index (χ3n) is 3.64. The van der Waals surface area contributed by atoms with E-state index in [1.807, 2.05) is 4.90 Å². The summed E-state index contributed by atoms with van der Waals surface area (Å²) in [7, 11) is 1.33. The zero-order valence-corrected chi connectivity index (χ0v) is 13.0. The van der Waals surface area contributed by atoms with Crippen molar-refractivity contribution in [1.29, 1.82) is 0 Å². The number of methoxy groups -OCH3 is 1. The highest BCUT2D eigenvalue weighted by molar-refractivity contribution is 5.85. The number of hydrogen-bond acceptors (Lipinski definition) is 4. The fourth-order valence-corrected chi connectivity index (χ4v) is 2.52. The van der Waals surface area contributed by atoms with Crippen molar-refractivity contribution < 1.29 is 23.0 Å². The van der Waals surface area contributed by atoms with Gasteiger partial charge < -0.3 is 15.2 Å². The number of nitrogens with zero attached hydrogens (tertiary/aromatic N) is 1. The Bertz CT molecular complexity index is 480. The molecule has 2 N–H and O–H groups in total. The molecule has 2 rings (SSSR count). The summed E-state index contributed by atoms with van der Waals surface area (Å²) in [6.45, 7) is 2.65. The Morgan fingerprint density at radius 1 is 1.27 bits per heavy atom. The van der Waals surface area contributed by atoms with Crippen molar-refractivity contribution in [2.45, 2.75) is 12.2 Å². The van der Waals surface area contributed by atoms with Crippen LogP contribution in [0.4, 0.5) is 13.2 Å². The van der Waals surface area contributed by atoms with Crippen molar-refractivity contribution in [2.24, 2.45) is 0 Å². The summed E-state index contributed by atoms with van der Waals surface area (Å²) in [5, 5.41) is 12.8. The third kappa shape index (κ3) is 4.49. The van der Waals surface area contributed by atoms with E-state index >= 15 is 0 Å². The first-order valence-electron chi connectivity index (χ1n) is 6.77. The topological polar surface area (TPSA) is 44.7 Å². The Kier molecular flexibility index (Phi) is 6.93. The monoisotopic (exact) mass is 340 g/mol. The van der Waals surface area contributed by atoms with Crippen LogP contribution in [-0.4, -0.2) is 49.9 Å². The number of aliphatic hydroxyl groups is 1. The highest BCUT2D eigenvalue weighted by atomic mass is 35.5. The van der Waals surface area contributed by atoms with E-state index in [9.17, 15) is 18.3 Å². The molecule has 1 fully saturated rings. The molecule has 0 amide bonds. The Balaban J connectivity index is 0.00000242. The maximum atomic E-state index is 13.0. The average Bonchev–Trinajstić information content (AvgIpc) is 2.48. The first-order valence-corrected chi connectivity index (χ1v) is 6.77. The lowest BCUT2D eigenvalue weighted by atomic mass is 10.0. The molecule has 22 heavy (non-hydrogen) atoms. The van der Waals surface area contributed by atoms with Crippen LogP contribution in [-0.2, 0) is 6.18 Å². The molecule has 1 saturated heterocycles. The van der Waals surface area contributed by atoms with Crippen LogP contribution >= 0.6 is 12.4 Å². The molecule has 1 atom stereocenters. The predicted octanol–water partition coefficient (Wildman–Crippen LogP) is 2.07. The summed E-state index contributed by atoms with van der Waals surface area (Å²) in [6.07, 6.45) is -4.44. The van der Waals surface area contributed by atoms with Crippen molar-refractivity contribution in [2.75, 3.05) is 39.9 Å². The quantitative estimate of drug-likeness (QED) is 0.881. The molecule has 0 saturated carbocycles. The fourth-order valence-electron chi connectivity index (χ4n) is 2.52. The van der Waals surface area contributed by atoms with Crippen LogP contribution in [0.3, 0.4) is 0 Å². The molecule has 4 nitrogen and oxygen atoms in total. The minimum atomic E-state index is -4.44. The van der Waals surface area contributed by atoms with Crippen LogP contribution in [0.25, 0.3) is 0 Å². The van der Waals surface area contributed by atoms with Gasteiger partial charge in [0.2, 0.25) is 0 Å². The van der Waals surface area contributed by atoms with Crippen molar-refractivity contribution in [3.05, 3.63) is 29.3 Å². The molecule has 126 valence electrons. The second-order valence-electron chi connectivity index (χ2n) is 4.98. The molecular weight excluding hydrogens is 321 g/mol. The summed E-state index contributed by atoms with van der Waals surface area (Å²) in [4.78, 5) is 1.98. The standard InChI is InChI=1S/C14H19F3N2O2.ClH/c1-21-12-7-10(6-11(8-12)14(15,16)17)13(9-20)19-4-2-18-3-5-19;/h6-8,13,18,20H,2-5,9H2,1H3;1H/t13-;/m0./s1. The smallest absolute Gasteiger partial charge is 0.416 e. The van der Waals surface area contributed by atoms with Crippen LogP contribution in [0, 0.1) is 0 Å². The number of alkyl halides is 3. The molecule has 0 radical (unpaired) electrons. The van der Waals surface area contributed by atoms with Crippen LogP contribution in [0.5, 0.6) is 5.75 Å².